The Bertz CT molecular complexity index is 762. The number of nitrogens with one attached hydrogen (secondary N) is 2. The van der Waals surface area contributed by atoms with Crippen LogP contribution >= 0.6 is 0 Å². The van der Waals surface area contributed by atoms with Crippen LogP contribution in [0.2, 0.25) is 0 Å². The molecule has 0 bridgehead atoms. The van der Waals surface area contributed by atoms with Crippen LogP contribution in [-0.2, 0) is 9.53 Å². The summed E-state index contributed by atoms with van der Waals surface area (Å²) in [4.78, 5) is 27.9. The van der Waals surface area contributed by atoms with E-state index >= 15 is 0 Å². The van der Waals surface area contributed by atoms with Crippen LogP contribution in [0.5, 0.6) is 0 Å². The van der Waals surface area contributed by atoms with Gasteiger partial charge in [0.25, 0.3) is 5.91 Å². The number of hydrogen-bond donors (Lipinski definition) is 2. The molecule has 0 spiro atoms. The van der Waals surface area contributed by atoms with Crippen LogP contribution in [0.1, 0.15) is 16.1 Å². The number of carbonyl (C=O) groups is 2. The minimum absolute atomic E-state index is 0.245. The van der Waals surface area contributed by atoms with Gasteiger partial charge in [-0.3, -0.25) is 4.79 Å². The summed E-state index contributed by atoms with van der Waals surface area (Å²) in [6, 6.07) is 5.47. The van der Waals surface area contributed by atoms with Crippen molar-refractivity contribution in [2.45, 2.75) is 18.8 Å². The van der Waals surface area contributed by atoms with Gasteiger partial charge in [-0.05, 0) is 30.7 Å². The zero-order chi connectivity index (χ0) is 18.7. The normalized spacial score (nSPS) is 13.6. The van der Waals surface area contributed by atoms with Gasteiger partial charge < -0.3 is 19.8 Å². The third-order valence-corrected chi connectivity index (χ3v) is 3.28. The summed E-state index contributed by atoms with van der Waals surface area (Å²) in [5.41, 5.74) is -3.22. The number of rotatable bonds is 5. The number of ether oxygens (including phenoxy) is 1. The van der Waals surface area contributed by atoms with Crippen molar-refractivity contribution >= 4 is 17.7 Å². The molecule has 1 atom stereocenters. The number of halogens is 3. The van der Waals surface area contributed by atoms with E-state index in [0.29, 0.717) is 5.56 Å². The Kier molecular flexibility index (Phi) is 5.00. The predicted octanol–water partition coefficient (Wildman–Crippen LogP) is 2.26. The lowest BCUT2D eigenvalue weighted by atomic mass is 10.1. The highest BCUT2D eigenvalue weighted by Gasteiger charge is 2.64. The number of aromatic nitrogens is 1. The number of furan rings is 1. The second kappa shape index (κ2) is 6.83. The van der Waals surface area contributed by atoms with Crippen LogP contribution in [0, 0.1) is 6.92 Å². The molecule has 134 valence electrons. The zero-order valence-corrected chi connectivity index (χ0v) is 13.2. The number of anilines is 1. The van der Waals surface area contributed by atoms with Gasteiger partial charge in [0.2, 0.25) is 0 Å². The van der Waals surface area contributed by atoms with E-state index in [2.05, 4.69) is 9.72 Å². The van der Waals surface area contributed by atoms with Gasteiger partial charge >= 0.3 is 17.8 Å². The topological polar surface area (TPSA) is 93.5 Å². The van der Waals surface area contributed by atoms with Crippen molar-refractivity contribution in [1.82, 2.24) is 10.3 Å². The van der Waals surface area contributed by atoms with E-state index in [-0.39, 0.29) is 5.82 Å². The molecule has 10 heteroatoms. The van der Waals surface area contributed by atoms with Crippen LogP contribution in [0.25, 0.3) is 0 Å². The number of esters is 1. The number of amides is 1. The average Bonchev–Trinajstić information content (AvgIpc) is 3.08. The summed E-state index contributed by atoms with van der Waals surface area (Å²) in [7, 11) is 0.773. The van der Waals surface area contributed by atoms with Gasteiger partial charge in [0.15, 0.2) is 5.76 Å². The molecule has 2 aromatic heterocycles. The monoisotopic (exact) mass is 357 g/mol. The fraction of sp³-hybridized carbons (Fsp3) is 0.267. The molecule has 0 radical (unpaired) electrons. The molecule has 2 rings (SSSR count). The highest BCUT2D eigenvalue weighted by molar-refractivity contribution is 5.97. The number of alkyl halides is 3. The van der Waals surface area contributed by atoms with Gasteiger partial charge in [-0.2, -0.15) is 13.2 Å². The third-order valence-electron chi connectivity index (χ3n) is 3.28. The average molecular weight is 357 g/mol. The van der Waals surface area contributed by atoms with Crippen molar-refractivity contribution in [1.29, 1.82) is 0 Å². The molecule has 2 aromatic rings. The molecule has 0 fully saturated rings. The van der Waals surface area contributed by atoms with Crippen molar-refractivity contribution in [2.75, 3.05) is 12.4 Å². The Morgan fingerprint density at radius 1 is 1.24 bits per heavy atom. The number of nitrogens with zero attached hydrogens (tertiary/aromatic N) is 1. The predicted molar refractivity (Wildman–Crippen MR) is 79.6 cm³/mol. The molecule has 2 heterocycles. The molecule has 0 aliphatic rings. The zero-order valence-electron chi connectivity index (χ0n) is 13.2. The Balaban J connectivity index is 2.50. The first-order chi connectivity index (χ1) is 11.7. The molecule has 0 aliphatic carbocycles. The van der Waals surface area contributed by atoms with E-state index in [0.717, 1.165) is 19.4 Å². The number of hydrogen-bond acceptors (Lipinski definition) is 6. The molecule has 1 amide bonds. The van der Waals surface area contributed by atoms with Crippen molar-refractivity contribution in [3.63, 3.8) is 0 Å². The summed E-state index contributed by atoms with van der Waals surface area (Å²) in [6.07, 6.45) is -2.90. The maximum atomic E-state index is 13.8. The molecule has 2 N–H and O–H groups in total. The van der Waals surface area contributed by atoms with Gasteiger partial charge in [0.05, 0.1) is 13.4 Å². The van der Waals surface area contributed by atoms with Crippen molar-refractivity contribution in [2.24, 2.45) is 0 Å². The quantitative estimate of drug-likeness (QED) is 0.630. The number of aryl methyl sites for hydroxylation is 1. The molecule has 0 aromatic carbocycles. The van der Waals surface area contributed by atoms with Crippen molar-refractivity contribution in [3.05, 3.63) is 48.0 Å². The fourth-order valence-corrected chi connectivity index (χ4v) is 1.98. The Labute approximate surface area is 140 Å². The molecular formula is C15H14F3N3O4. The maximum Gasteiger partial charge on any atom is 0.441 e. The van der Waals surface area contributed by atoms with Gasteiger partial charge in [-0.1, -0.05) is 6.07 Å². The highest BCUT2D eigenvalue weighted by atomic mass is 19.4. The minimum atomic E-state index is -5.24. The summed E-state index contributed by atoms with van der Waals surface area (Å²) >= 11 is 0. The van der Waals surface area contributed by atoms with Crippen LogP contribution in [-0.4, -0.2) is 35.8 Å². The highest BCUT2D eigenvalue weighted by Crippen LogP contribution is 2.33. The van der Waals surface area contributed by atoms with Gasteiger partial charge in [-0.15, -0.1) is 0 Å². The molecule has 0 aliphatic heterocycles. The Hall–Kier alpha value is -3.04. The van der Waals surface area contributed by atoms with Crippen LogP contribution < -0.4 is 10.6 Å². The Morgan fingerprint density at radius 2 is 1.96 bits per heavy atom. The molecule has 7 nitrogen and oxygen atoms in total. The summed E-state index contributed by atoms with van der Waals surface area (Å²) < 4.78 is 50.4. The maximum absolute atomic E-state index is 13.8. The molecule has 0 saturated heterocycles. The largest absolute Gasteiger partial charge is 0.466 e. The van der Waals surface area contributed by atoms with E-state index in [4.69, 9.17) is 4.42 Å². The van der Waals surface area contributed by atoms with E-state index in [1.807, 2.05) is 5.32 Å². The first-order valence-electron chi connectivity index (χ1n) is 6.92. The van der Waals surface area contributed by atoms with Crippen molar-refractivity contribution in [3.8, 4) is 0 Å². The van der Waals surface area contributed by atoms with E-state index in [9.17, 15) is 22.8 Å². The number of methoxy groups -OCH3 is 1. The molecule has 0 saturated carbocycles. The van der Waals surface area contributed by atoms with Crippen LogP contribution in [0.15, 0.2) is 41.1 Å². The van der Waals surface area contributed by atoms with E-state index in [1.165, 1.54) is 31.3 Å². The first kappa shape index (κ1) is 18.3. The third kappa shape index (κ3) is 3.57. The summed E-state index contributed by atoms with van der Waals surface area (Å²) in [5, 5.41) is 3.58. The lowest BCUT2D eigenvalue weighted by Crippen LogP contribution is -2.69. The van der Waals surface area contributed by atoms with Crippen molar-refractivity contribution < 1.29 is 31.9 Å². The summed E-state index contributed by atoms with van der Waals surface area (Å²) in [5.74, 6) is -3.67. The van der Waals surface area contributed by atoms with E-state index < -0.39 is 29.5 Å². The lowest BCUT2D eigenvalue weighted by molar-refractivity contribution is -0.203. The van der Waals surface area contributed by atoms with Gasteiger partial charge in [0, 0.05) is 6.20 Å². The van der Waals surface area contributed by atoms with Gasteiger partial charge in [0.1, 0.15) is 5.82 Å². The fourth-order valence-electron chi connectivity index (χ4n) is 1.98. The Morgan fingerprint density at radius 3 is 2.48 bits per heavy atom. The lowest BCUT2D eigenvalue weighted by Gasteiger charge is -2.34. The molecule has 25 heavy (non-hydrogen) atoms. The van der Waals surface area contributed by atoms with Gasteiger partial charge in [-0.25, -0.2) is 9.78 Å². The second-order valence-electron chi connectivity index (χ2n) is 4.96. The summed E-state index contributed by atoms with van der Waals surface area (Å²) in [6.45, 7) is 1.49. The standard InChI is InChI=1S/C15H14F3N3O4/c1-9-5-3-7-19-11(9)20-14(13(23)24-2,15(16,17)18)21-12(22)10-6-4-8-25-10/h3-8H,1-2H3,(H,19,20)(H,21,22)/t14-/m1/s1. The minimum Gasteiger partial charge on any atom is -0.466 e. The smallest absolute Gasteiger partial charge is 0.441 e. The first-order valence-corrected chi connectivity index (χ1v) is 6.92. The SMILES string of the molecule is COC(=O)[C@](NC(=O)c1ccco1)(Nc1ncccc1C)C(F)(F)F. The number of carbonyl (C=O) groups excluding carboxylic acids is 2. The number of pyridine rings is 1. The molecule has 0 unspecified atom stereocenters. The van der Waals surface area contributed by atoms with Crippen LogP contribution in [0.3, 0.4) is 0 Å². The van der Waals surface area contributed by atoms with E-state index in [1.54, 1.807) is 5.32 Å². The second-order valence-corrected chi connectivity index (χ2v) is 4.96. The molecular weight excluding hydrogens is 343 g/mol. The van der Waals surface area contributed by atoms with Crippen LogP contribution in [0.4, 0.5) is 19.0 Å².